The Morgan fingerprint density at radius 3 is 2.31 bits per heavy atom. The molecule has 140 valence electrons. The zero-order chi connectivity index (χ0) is 18.8. The van der Waals surface area contributed by atoms with Gasteiger partial charge in [0.2, 0.25) is 0 Å². The molecule has 0 amide bonds. The molecule has 2 aliphatic rings. The van der Waals surface area contributed by atoms with E-state index in [9.17, 15) is 19.5 Å². The van der Waals surface area contributed by atoms with Gasteiger partial charge in [0.1, 0.15) is 12.7 Å². The normalized spacial score (nSPS) is 28.7. The molecule has 2 aliphatic heterocycles. The van der Waals surface area contributed by atoms with E-state index in [0.717, 1.165) is 0 Å². The fourth-order valence-electron chi connectivity index (χ4n) is 3.04. The Kier molecular flexibility index (Phi) is 5.24. The van der Waals surface area contributed by atoms with Crippen molar-refractivity contribution in [2.75, 3.05) is 6.61 Å². The molecule has 0 aromatic heterocycles. The highest BCUT2D eigenvalue weighted by Crippen LogP contribution is 2.31. The van der Waals surface area contributed by atoms with Gasteiger partial charge in [-0.1, -0.05) is 12.1 Å². The van der Waals surface area contributed by atoms with Crippen LogP contribution < -0.4 is 0 Å². The Hall–Kier alpha value is -2.45. The summed E-state index contributed by atoms with van der Waals surface area (Å²) in [6.45, 7) is 2.98. The summed E-state index contributed by atoms with van der Waals surface area (Å²) in [5.41, 5.74) is 0.246. The first-order chi connectivity index (χ1) is 12.4. The minimum atomic E-state index is -0.894. The lowest BCUT2D eigenvalue weighted by Crippen LogP contribution is -2.43. The van der Waals surface area contributed by atoms with Crippen LogP contribution in [-0.4, -0.2) is 60.1 Å². The van der Waals surface area contributed by atoms with Crippen LogP contribution >= 0.6 is 0 Å². The summed E-state index contributed by atoms with van der Waals surface area (Å²) in [5.74, 6) is -1.89. The van der Waals surface area contributed by atoms with Crippen molar-refractivity contribution in [3.8, 4) is 0 Å². The van der Waals surface area contributed by atoms with Gasteiger partial charge >= 0.3 is 17.9 Å². The number of fused-ring (bicyclic) bond motifs is 2. The molecule has 0 radical (unpaired) electrons. The van der Waals surface area contributed by atoms with Crippen LogP contribution in [0.5, 0.6) is 0 Å². The molecular weight excluding hydrogens is 344 g/mol. The topological polar surface area (TPSA) is 108 Å². The average Bonchev–Trinajstić information content (AvgIpc) is 2.86. The Bertz CT molecular complexity index is 713. The fraction of sp³-hybridized carbons (Fsp3) is 0.500. The molecule has 0 spiro atoms. The number of esters is 3. The second-order valence-corrected chi connectivity index (χ2v) is 6.40. The standard InChI is InChI=1S/C18H20O8/c1-9(19)7-14(20)23-8-13-16-15(10(2)24-13)25-17(21)11-5-3-4-6-12(11)18(22)26-16/h3-6,9-10,13,15-16,19H,7-8H2,1-2H3/t9-,10+,13-,15+,16-/m1/s1. The van der Waals surface area contributed by atoms with Crippen molar-refractivity contribution >= 4 is 17.9 Å². The van der Waals surface area contributed by atoms with Gasteiger partial charge in [-0.05, 0) is 26.0 Å². The summed E-state index contributed by atoms with van der Waals surface area (Å²) in [4.78, 5) is 36.5. The summed E-state index contributed by atoms with van der Waals surface area (Å²) in [5, 5.41) is 9.21. The highest BCUT2D eigenvalue weighted by Gasteiger charge is 2.49. The van der Waals surface area contributed by atoms with Crippen LogP contribution in [-0.2, 0) is 23.7 Å². The molecule has 3 rings (SSSR count). The van der Waals surface area contributed by atoms with Crippen molar-refractivity contribution in [3.63, 3.8) is 0 Å². The van der Waals surface area contributed by atoms with Gasteiger partial charge < -0.3 is 24.1 Å². The molecule has 1 saturated heterocycles. The second kappa shape index (κ2) is 7.43. The molecule has 1 aromatic carbocycles. The summed E-state index contributed by atoms with van der Waals surface area (Å²) in [6.07, 6.45) is -3.99. The van der Waals surface area contributed by atoms with Crippen LogP contribution in [0.1, 0.15) is 41.0 Å². The monoisotopic (exact) mass is 364 g/mol. The lowest BCUT2D eigenvalue weighted by Gasteiger charge is -2.26. The summed E-state index contributed by atoms with van der Waals surface area (Å²) >= 11 is 0. The Morgan fingerprint density at radius 2 is 1.73 bits per heavy atom. The number of carbonyl (C=O) groups excluding carboxylic acids is 3. The van der Waals surface area contributed by atoms with Gasteiger partial charge in [-0.15, -0.1) is 0 Å². The van der Waals surface area contributed by atoms with Crippen molar-refractivity contribution in [3.05, 3.63) is 35.4 Å². The number of rotatable bonds is 4. The fourth-order valence-corrected chi connectivity index (χ4v) is 3.04. The molecule has 1 N–H and O–H groups in total. The molecule has 8 nitrogen and oxygen atoms in total. The first kappa shape index (κ1) is 18.3. The molecule has 0 aliphatic carbocycles. The number of hydrogen-bond donors (Lipinski definition) is 1. The first-order valence-corrected chi connectivity index (χ1v) is 8.37. The third-order valence-corrected chi connectivity index (χ3v) is 4.27. The summed E-state index contributed by atoms with van der Waals surface area (Å²) in [7, 11) is 0. The molecule has 1 fully saturated rings. The van der Waals surface area contributed by atoms with E-state index in [4.69, 9.17) is 18.9 Å². The van der Waals surface area contributed by atoms with E-state index in [-0.39, 0.29) is 24.2 Å². The van der Waals surface area contributed by atoms with Crippen molar-refractivity contribution in [2.24, 2.45) is 0 Å². The molecule has 2 heterocycles. The number of carbonyl (C=O) groups is 3. The van der Waals surface area contributed by atoms with Crippen LogP contribution in [0, 0.1) is 0 Å². The van der Waals surface area contributed by atoms with Crippen molar-refractivity contribution in [1.29, 1.82) is 0 Å². The summed E-state index contributed by atoms with van der Waals surface area (Å²) in [6, 6.07) is 6.23. The van der Waals surface area contributed by atoms with Crippen LogP contribution in [0.4, 0.5) is 0 Å². The van der Waals surface area contributed by atoms with Gasteiger partial charge in [0.25, 0.3) is 0 Å². The predicted octanol–water partition coefficient (Wildman–Crippen LogP) is 0.852. The van der Waals surface area contributed by atoms with Crippen LogP contribution in [0.3, 0.4) is 0 Å². The number of aliphatic hydroxyl groups excluding tert-OH is 1. The molecule has 1 aromatic rings. The highest BCUT2D eigenvalue weighted by atomic mass is 16.7. The van der Waals surface area contributed by atoms with Crippen LogP contribution in [0.15, 0.2) is 24.3 Å². The maximum Gasteiger partial charge on any atom is 0.339 e. The SMILES string of the molecule is C[C@@H]1O[C@H](COC(=O)C[C@@H](C)O)[C@H]2OC(=O)c3ccccc3C(=O)O[C@H]21. The van der Waals surface area contributed by atoms with Gasteiger partial charge in [-0.25, -0.2) is 9.59 Å². The van der Waals surface area contributed by atoms with Crippen molar-refractivity contribution in [1.82, 2.24) is 0 Å². The minimum absolute atomic E-state index is 0.111. The van der Waals surface area contributed by atoms with Gasteiger partial charge in [0.05, 0.1) is 29.8 Å². The van der Waals surface area contributed by atoms with Crippen molar-refractivity contribution < 1.29 is 38.4 Å². The second-order valence-electron chi connectivity index (χ2n) is 6.40. The molecule has 0 saturated carbocycles. The van der Waals surface area contributed by atoms with E-state index in [1.807, 2.05) is 0 Å². The third kappa shape index (κ3) is 3.71. The third-order valence-electron chi connectivity index (χ3n) is 4.27. The number of benzene rings is 1. The van der Waals surface area contributed by atoms with E-state index < -0.39 is 48.4 Å². The Labute approximate surface area is 150 Å². The van der Waals surface area contributed by atoms with Gasteiger partial charge in [-0.2, -0.15) is 0 Å². The van der Waals surface area contributed by atoms with Gasteiger partial charge in [0, 0.05) is 0 Å². The maximum absolute atomic E-state index is 12.5. The van der Waals surface area contributed by atoms with Gasteiger partial charge in [0.15, 0.2) is 12.2 Å². The predicted molar refractivity (Wildman–Crippen MR) is 86.4 cm³/mol. The Balaban J connectivity index is 1.77. The molecule has 26 heavy (non-hydrogen) atoms. The number of hydrogen-bond acceptors (Lipinski definition) is 8. The number of aliphatic hydroxyl groups is 1. The molecule has 5 atom stereocenters. The zero-order valence-electron chi connectivity index (χ0n) is 14.4. The lowest BCUT2D eigenvalue weighted by atomic mass is 10.0. The Morgan fingerprint density at radius 1 is 1.15 bits per heavy atom. The van der Waals surface area contributed by atoms with Crippen LogP contribution in [0.25, 0.3) is 0 Å². The van der Waals surface area contributed by atoms with E-state index in [1.54, 1.807) is 19.1 Å². The average molecular weight is 364 g/mol. The lowest BCUT2D eigenvalue weighted by molar-refractivity contribution is -0.151. The molecule has 0 unspecified atom stereocenters. The van der Waals surface area contributed by atoms with E-state index in [2.05, 4.69) is 0 Å². The largest absolute Gasteiger partial charge is 0.463 e. The molecular formula is C18H20O8. The molecule has 0 bridgehead atoms. The minimum Gasteiger partial charge on any atom is -0.463 e. The zero-order valence-corrected chi connectivity index (χ0v) is 14.4. The van der Waals surface area contributed by atoms with E-state index in [0.29, 0.717) is 0 Å². The first-order valence-electron chi connectivity index (χ1n) is 8.37. The van der Waals surface area contributed by atoms with Crippen molar-refractivity contribution in [2.45, 2.75) is 50.8 Å². The van der Waals surface area contributed by atoms with Gasteiger partial charge in [-0.3, -0.25) is 4.79 Å². The number of ether oxygens (including phenoxy) is 4. The van der Waals surface area contributed by atoms with Crippen LogP contribution in [0.2, 0.25) is 0 Å². The summed E-state index contributed by atoms with van der Waals surface area (Å²) < 4.78 is 21.7. The quantitative estimate of drug-likeness (QED) is 0.619. The highest BCUT2D eigenvalue weighted by molar-refractivity contribution is 6.03. The molecule has 8 heteroatoms. The van der Waals surface area contributed by atoms with E-state index in [1.165, 1.54) is 19.1 Å². The smallest absolute Gasteiger partial charge is 0.339 e. The maximum atomic E-state index is 12.5. The van der Waals surface area contributed by atoms with E-state index >= 15 is 0 Å².